The number of ketones is 1. The number of Topliss-reactive ketones (excluding diaryl/α,β-unsaturated/α-hetero) is 1. The molecule has 0 fully saturated rings. The van der Waals surface area contributed by atoms with Crippen LogP contribution in [0.5, 0.6) is 0 Å². The highest BCUT2D eigenvalue weighted by Crippen LogP contribution is 2.14. The van der Waals surface area contributed by atoms with Crippen molar-refractivity contribution in [2.45, 2.75) is 26.7 Å². The molecule has 1 rings (SSSR count). The summed E-state index contributed by atoms with van der Waals surface area (Å²) in [5.41, 5.74) is 0.841. The van der Waals surface area contributed by atoms with Crippen molar-refractivity contribution in [3.63, 3.8) is 0 Å². The number of benzene rings is 1. The maximum atomic E-state index is 12.1. The summed E-state index contributed by atoms with van der Waals surface area (Å²) in [6, 6.07) is 9.15. The molecule has 0 amide bonds. The van der Waals surface area contributed by atoms with Gasteiger partial charge >= 0.3 is 11.9 Å². The van der Waals surface area contributed by atoms with Crippen LogP contribution in [-0.2, 0) is 30.3 Å². The molecule has 5 nitrogen and oxygen atoms in total. The Morgan fingerprint density at radius 2 is 1.62 bits per heavy atom. The van der Waals surface area contributed by atoms with Crippen LogP contribution in [0.4, 0.5) is 0 Å². The van der Waals surface area contributed by atoms with Crippen LogP contribution in [0.2, 0.25) is 0 Å². The lowest BCUT2D eigenvalue weighted by atomic mass is 9.93. The van der Waals surface area contributed by atoms with Gasteiger partial charge in [0, 0.05) is 0 Å². The Balaban J connectivity index is 2.79. The van der Waals surface area contributed by atoms with Gasteiger partial charge in [0.1, 0.15) is 12.3 Å². The fourth-order valence-corrected chi connectivity index (χ4v) is 1.90. The first kappa shape index (κ1) is 16.9. The van der Waals surface area contributed by atoms with Crippen LogP contribution in [0, 0.1) is 5.92 Å². The van der Waals surface area contributed by atoms with Gasteiger partial charge in [0.2, 0.25) is 0 Å². The van der Waals surface area contributed by atoms with Gasteiger partial charge in [-0.25, -0.2) is 0 Å². The largest absolute Gasteiger partial charge is 0.466 e. The second kappa shape index (κ2) is 8.89. The van der Waals surface area contributed by atoms with Crippen LogP contribution < -0.4 is 0 Å². The highest BCUT2D eigenvalue weighted by molar-refractivity contribution is 6.06. The van der Waals surface area contributed by atoms with E-state index in [0.29, 0.717) is 0 Å². The fraction of sp³-hybridized carbons (Fsp3) is 0.438. The first-order valence-electron chi connectivity index (χ1n) is 6.97. The lowest BCUT2D eigenvalue weighted by molar-refractivity contribution is -0.153. The SMILES string of the molecule is CCOC(=O)CC(=O)[C@@H](Cc1ccccc1)C(=O)OCC. The van der Waals surface area contributed by atoms with Gasteiger partial charge in [-0.2, -0.15) is 0 Å². The van der Waals surface area contributed by atoms with Crippen molar-refractivity contribution >= 4 is 17.7 Å². The summed E-state index contributed by atoms with van der Waals surface area (Å²) in [7, 11) is 0. The molecule has 5 heteroatoms. The van der Waals surface area contributed by atoms with E-state index >= 15 is 0 Å². The molecule has 1 aromatic carbocycles. The fourth-order valence-electron chi connectivity index (χ4n) is 1.90. The molecule has 0 N–H and O–H groups in total. The van der Waals surface area contributed by atoms with E-state index in [-0.39, 0.29) is 19.6 Å². The number of carbonyl (C=O) groups is 3. The minimum atomic E-state index is -0.975. The maximum absolute atomic E-state index is 12.1. The van der Waals surface area contributed by atoms with E-state index in [2.05, 4.69) is 0 Å². The average molecular weight is 292 g/mol. The van der Waals surface area contributed by atoms with E-state index in [4.69, 9.17) is 9.47 Å². The van der Waals surface area contributed by atoms with E-state index in [1.54, 1.807) is 13.8 Å². The van der Waals surface area contributed by atoms with Gasteiger partial charge in [-0.1, -0.05) is 30.3 Å². The number of rotatable bonds is 8. The summed E-state index contributed by atoms with van der Waals surface area (Å²) in [6.07, 6.45) is -0.192. The number of esters is 2. The van der Waals surface area contributed by atoms with Crippen LogP contribution >= 0.6 is 0 Å². The molecule has 0 aliphatic heterocycles. The van der Waals surface area contributed by atoms with E-state index in [1.165, 1.54) is 0 Å². The van der Waals surface area contributed by atoms with Crippen LogP contribution in [0.15, 0.2) is 30.3 Å². The van der Waals surface area contributed by atoms with Crippen molar-refractivity contribution in [2.24, 2.45) is 5.92 Å². The summed E-state index contributed by atoms with van der Waals surface area (Å²) >= 11 is 0. The molecular weight excluding hydrogens is 272 g/mol. The molecule has 21 heavy (non-hydrogen) atoms. The zero-order valence-corrected chi connectivity index (χ0v) is 12.3. The molecular formula is C16H20O5. The topological polar surface area (TPSA) is 69.7 Å². The Morgan fingerprint density at radius 1 is 1.00 bits per heavy atom. The Hall–Kier alpha value is -2.17. The molecule has 0 saturated carbocycles. The monoisotopic (exact) mass is 292 g/mol. The van der Waals surface area contributed by atoms with Gasteiger partial charge in [0.05, 0.1) is 13.2 Å². The Morgan fingerprint density at radius 3 is 2.19 bits per heavy atom. The van der Waals surface area contributed by atoms with Crippen LogP contribution in [0.3, 0.4) is 0 Å². The van der Waals surface area contributed by atoms with Crippen molar-refractivity contribution in [1.82, 2.24) is 0 Å². The van der Waals surface area contributed by atoms with E-state index in [1.807, 2.05) is 30.3 Å². The smallest absolute Gasteiger partial charge is 0.316 e. The number of carbonyl (C=O) groups excluding carboxylic acids is 3. The van der Waals surface area contributed by atoms with Crippen LogP contribution in [0.1, 0.15) is 25.8 Å². The van der Waals surface area contributed by atoms with Crippen molar-refractivity contribution in [3.8, 4) is 0 Å². The summed E-state index contributed by atoms with van der Waals surface area (Å²) in [5, 5.41) is 0. The van der Waals surface area contributed by atoms with Crippen LogP contribution in [-0.4, -0.2) is 30.9 Å². The average Bonchev–Trinajstić information content (AvgIpc) is 2.46. The Labute approximate surface area is 124 Å². The lowest BCUT2D eigenvalue weighted by Crippen LogP contribution is -2.30. The molecule has 0 aliphatic carbocycles. The Kier molecular flexibility index (Phi) is 7.15. The van der Waals surface area contributed by atoms with E-state index in [0.717, 1.165) is 5.56 Å². The Bertz CT molecular complexity index is 481. The van der Waals surface area contributed by atoms with Gasteiger partial charge in [0.15, 0.2) is 5.78 Å². The number of hydrogen-bond donors (Lipinski definition) is 0. The third-order valence-corrected chi connectivity index (χ3v) is 2.87. The first-order valence-corrected chi connectivity index (χ1v) is 6.97. The third-order valence-electron chi connectivity index (χ3n) is 2.87. The quantitative estimate of drug-likeness (QED) is 0.541. The predicted molar refractivity (Wildman–Crippen MR) is 76.5 cm³/mol. The maximum Gasteiger partial charge on any atom is 0.316 e. The molecule has 0 unspecified atom stereocenters. The van der Waals surface area contributed by atoms with E-state index < -0.39 is 30.1 Å². The normalized spacial score (nSPS) is 11.5. The first-order chi connectivity index (χ1) is 10.1. The van der Waals surface area contributed by atoms with Crippen molar-refractivity contribution < 1.29 is 23.9 Å². The van der Waals surface area contributed by atoms with Crippen molar-refractivity contribution in [3.05, 3.63) is 35.9 Å². The molecule has 0 radical (unpaired) electrons. The van der Waals surface area contributed by atoms with Gasteiger partial charge in [-0.3, -0.25) is 14.4 Å². The molecule has 0 aliphatic rings. The summed E-state index contributed by atoms with van der Waals surface area (Å²) < 4.78 is 9.67. The van der Waals surface area contributed by atoms with E-state index in [9.17, 15) is 14.4 Å². The van der Waals surface area contributed by atoms with Crippen molar-refractivity contribution in [2.75, 3.05) is 13.2 Å². The molecule has 114 valence electrons. The van der Waals surface area contributed by atoms with Gasteiger partial charge in [-0.05, 0) is 25.8 Å². The third kappa shape index (κ3) is 5.77. The highest BCUT2D eigenvalue weighted by Gasteiger charge is 2.29. The standard InChI is InChI=1S/C16H20O5/c1-3-20-15(18)11-14(17)13(16(19)21-4-2)10-12-8-6-5-7-9-12/h5-9,13H,3-4,10-11H2,1-2H3/t13-/m1/s1. The molecule has 1 atom stereocenters. The van der Waals surface area contributed by atoms with Crippen LogP contribution in [0.25, 0.3) is 0 Å². The number of ether oxygens (including phenoxy) is 2. The minimum Gasteiger partial charge on any atom is -0.466 e. The second-order valence-electron chi connectivity index (χ2n) is 4.44. The number of hydrogen-bond acceptors (Lipinski definition) is 5. The zero-order chi connectivity index (χ0) is 15.7. The molecule has 0 saturated heterocycles. The molecule has 0 aromatic heterocycles. The predicted octanol–water partition coefficient (Wildman–Crippen LogP) is 1.93. The molecule has 0 spiro atoms. The minimum absolute atomic E-state index is 0.191. The zero-order valence-electron chi connectivity index (χ0n) is 12.3. The summed E-state index contributed by atoms with van der Waals surface area (Å²) in [4.78, 5) is 35.5. The summed E-state index contributed by atoms with van der Waals surface area (Å²) in [6.45, 7) is 3.73. The van der Waals surface area contributed by atoms with Gasteiger partial charge < -0.3 is 9.47 Å². The molecule has 0 heterocycles. The highest BCUT2D eigenvalue weighted by atomic mass is 16.5. The van der Waals surface area contributed by atoms with Gasteiger partial charge in [0.25, 0.3) is 0 Å². The van der Waals surface area contributed by atoms with Gasteiger partial charge in [-0.15, -0.1) is 0 Å². The summed E-state index contributed by atoms with van der Waals surface area (Å²) in [5.74, 6) is -2.67. The van der Waals surface area contributed by atoms with Crippen molar-refractivity contribution in [1.29, 1.82) is 0 Å². The second-order valence-corrected chi connectivity index (χ2v) is 4.44. The lowest BCUT2D eigenvalue weighted by Gasteiger charge is -2.14. The molecule has 1 aromatic rings. The molecule has 0 bridgehead atoms.